The molecule has 2 heteroatoms. The number of nitrogens with one attached hydrogen (secondary N) is 1. The van der Waals surface area contributed by atoms with Crippen molar-refractivity contribution >= 4 is 6.21 Å². The molecule has 0 aromatic carbocycles. The average molecular weight is 106 g/mol. The monoisotopic (exact) mass is 106 g/mol. The van der Waals surface area contributed by atoms with Crippen LogP contribution in [0.25, 0.3) is 0 Å². The van der Waals surface area contributed by atoms with Crippen molar-refractivity contribution in [1.29, 1.82) is 10.7 Å². The van der Waals surface area contributed by atoms with Crippen molar-refractivity contribution in [2.24, 2.45) is 0 Å². The topological polar surface area (TPSA) is 47.6 Å². The second kappa shape index (κ2) is 3.82. The van der Waals surface area contributed by atoms with Crippen LogP contribution in [0.3, 0.4) is 0 Å². The van der Waals surface area contributed by atoms with Crippen molar-refractivity contribution in [3.63, 3.8) is 0 Å². The van der Waals surface area contributed by atoms with Crippen LogP contribution >= 0.6 is 0 Å². The van der Waals surface area contributed by atoms with Crippen LogP contribution in [0.15, 0.2) is 24.3 Å². The highest BCUT2D eigenvalue weighted by molar-refractivity contribution is 5.68. The Labute approximate surface area is 48.3 Å². The molecule has 0 saturated heterocycles. The Kier molecular flexibility index (Phi) is 3.17. The van der Waals surface area contributed by atoms with Crippen LogP contribution in [0.2, 0.25) is 0 Å². The Morgan fingerprint density at radius 3 is 2.75 bits per heavy atom. The molecular formula is C6H6N2. The van der Waals surface area contributed by atoms with E-state index in [9.17, 15) is 0 Å². The van der Waals surface area contributed by atoms with Crippen LogP contribution in [-0.2, 0) is 0 Å². The Bertz CT molecular complexity index is 160. The predicted molar refractivity (Wildman–Crippen MR) is 32.7 cm³/mol. The van der Waals surface area contributed by atoms with E-state index in [1.165, 1.54) is 12.2 Å². The Balaban J connectivity index is 3.75. The van der Waals surface area contributed by atoms with Crippen molar-refractivity contribution < 1.29 is 0 Å². The lowest BCUT2D eigenvalue weighted by atomic mass is 10.3. The molecule has 0 aromatic rings. The molecule has 0 atom stereocenters. The molecule has 0 spiro atoms. The first-order valence-electron chi connectivity index (χ1n) is 2.07. The zero-order valence-corrected chi connectivity index (χ0v) is 4.39. The van der Waals surface area contributed by atoms with E-state index in [0.717, 1.165) is 6.21 Å². The lowest BCUT2D eigenvalue weighted by molar-refractivity contribution is 1.51. The molecule has 1 N–H and O–H groups in total. The molecule has 0 amide bonds. The summed E-state index contributed by atoms with van der Waals surface area (Å²) in [4.78, 5) is 0. The van der Waals surface area contributed by atoms with E-state index in [1.807, 2.05) is 6.07 Å². The summed E-state index contributed by atoms with van der Waals surface area (Å²) in [5.74, 6) is 0. The molecule has 40 valence electrons. The minimum absolute atomic E-state index is 0.369. The molecule has 0 aliphatic carbocycles. The molecular weight excluding hydrogens is 100 g/mol. The summed E-state index contributed by atoms with van der Waals surface area (Å²) in [6.45, 7) is 3.36. The summed E-state index contributed by atoms with van der Waals surface area (Å²) in [6, 6.07) is 1.82. The first-order valence-corrected chi connectivity index (χ1v) is 2.07. The van der Waals surface area contributed by atoms with Crippen molar-refractivity contribution in [3.05, 3.63) is 24.3 Å². The molecule has 0 aliphatic heterocycles. The smallest absolute Gasteiger partial charge is 0.0985 e. The average Bonchev–Trinajstić information content (AvgIpc) is 1.83. The maximum absolute atomic E-state index is 8.09. The van der Waals surface area contributed by atoms with E-state index in [1.54, 1.807) is 0 Å². The van der Waals surface area contributed by atoms with Crippen LogP contribution in [0.1, 0.15) is 0 Å². The van der Waals surface area contributed by atoms with Crippen molar-refractivity contribution in [1.82, 2.24) is 0 Å². The predicted octanol–water partition coefficient (Wildman–Crippen LogP) is 1.27. The van der Waals surface area contributed by atoms with Gasteiger partial charge in [-0.05, 0) is 12.2 Å². The van der Waals surface area contributed by atoms with Crippen molar-refractivity contribution in [3.8, 4) is 6.07 Å². The van der Waals surface area contributed by atoms with E-state index in [0.29, 0.717) is 5.57 Å². The minimum Gasteiger partial charge on any atom is -0.309 e. The van der Waals surface area contributed by atoms with Gasteiger partial charge in [-0.3, -0.25) is 0 Å². The van der Waals surface area contributed by atoms with Crippen molar-refractivity contribution in [2.45, 2.75) is 0 Å². The number of nitrogens with zero attached hydrogens (tertiary/aromatic N) is 1. The fraction of sp³-hybridized carbons (Fsp3) is 0. The van der Waals surface area contributed by atoms with Gasteiger partial charge in [0.1, 0.15) is 0 Å². The molecule has 0 radical (unpaired) electrons. The Morgan fingerprint density at radius 2 is 2.38 bits per heavy atom. The van der Waals surface area contributed by atoms with Gasteiger partial charge in [-0.25, -0.2) is 0 Å². The molecule has 0 heterocycles. The Morgan fingerprint density at radius 1 is 1.75 bits per heavy atom. The largest absolute Gasteiger partial charge is 0.309 e. The number of allylic oxidation sites excluding steroid dienone is 3. The van der Waals surface area contributed by atoms with Gasteiger partial charge >= 0.3 is 0 Å². The highest BCUT2D eigenvalue weighted by atomic mass is 14.3. The Hall–Kier alpha value is -1.36. The van der Waals surface area contributed by atoms with Gasteiger partial charge in [0.2, 0.25) is 0 Å². The summed E-state index contributed by atoms with van der Waals surface area (Å²) in [7, 11) is 0. The fourth-order valence-electron chi connectivity index (χ4n) is 0.202. The van der Waals surface area contributed by atoms with Gasteiger partial charge in [-0.2, -0.15) is 5.26 Å². The summed E-state index contributed by atoms with van der Waals surface area (Å²) < 4.78 is 0. The third-order valence-corrected chi connectivity index (χ3v) is 0.537. The third kappa shape index (κ3) is 2.86. The van der Waals surface area contributed by atoms with E-state index < -0.39 is 0 Å². The number of rotatable bonds is 2. The van der Waals surface area contributed by atoms with Gasteiger partial charge < -0.3 is 5.41 Å². The summed E-state index contributed by atoms with van der Waals surface area (Å²) >= 11 is 0. The normalized spacial score (nSPS) is 8.38. The number of nitriles is 1. The molecule has 0 fully saturated rings. The van der Waals surface area contributed by atoms with Gasteiger partial charge in [0.05, 0.1) is 6.07 Å². The van der Waals surface area contributed by atoms with Crippen LogP contribution in [0, 0.1) is 16.7 Å². The SMILES string of the molecule is C=C(C#N)/C=C\C=N. The van der Waals surface area contributed by atoms with Crippen molar-refractivity contribution in [2.75, 3.05) is 0 Å². The molecule has 8 heavy (non-hydrogen) atoms. The van der Waals surface area contributed by atoms with Crippen LogP contribution in [0.4, 0.5) is 0 Å². The summed E-state index contributed by atoms with van der Waals surface area (Å²) in [5.41, 5.74) is 0.369. The lowest BCUT2D eigenvalue weighted by Gasteiger charge is -1.73. The quantitative estimate of drug-likeness (QED) is 0.321. The van der Waals surface area contributed by atoms with E-state index in [4.69, 9.17) is 10.7 Å². The minimum atomic E-state index is 0.369. The highest BCUT2D eigenvalue weighted by Crippen LogP contribution is 1.85. The summed E-state index contributed by atoms with van der Waals surface area (Å²) in [6.07, 6.45) is 4.03. The van der Waals surface area contributed by atoms with E-state index in [2.05, 4.69) is 6.58 Å². The van der Waals surface area contributed by atoms with Gasteiger partial charge in [0, 0.05) is 11.8 Å². The molecule has 0 unspecified atom stereocenters. The van der Waals surface area contributed by atoms with E-state index >= 15 is 0 Å². The highest BCUT2D eigenvalue weighted by Gasteiger charge is 1.75. The maximum atomic E-state index is 8.09. The zero-order valence-electron chi connectivity index (χ0n) is 4.39. The van der Waals surface area contributed by atoms with Gasteiger partial charge in [0.15, 0.2) is 0 Å². The number of hydrogen-bond acceptors (Lipinski definition) is 2. The second-order valence-electron chi connectivity index (χ2n) is 1.16. The molecule has 0 saturated carbocycles. The summed E-state index contributed by atoms with van der Waals surface area (Å²) in [5, 5.41) is 14.6. The van der Waals surface area contributed by atoms with Gasteiger partial charge in [-0.1, -0.05) is 6.58 Å². The maximum Gasteiger partial charge on any atom is 0.0985 e. The third-order valence-electron chi connectivity index (χ3n) is 0.537. The standard InChI is InChI=1S/C6H6N2/c1-6(5-8)3-2-4-7/h2-4,7H,1H2/b3-2-,7-4?. The van der Waals surface area contributed by atoms with Gasteiger partial charge in [0.25, 0.3) is 0 Å². The lowest BCUT2D eigenvalue weighted by Crippen LogP contribution is -1.64. The first kappa shape index (κ1) is 6.64. The van der Waals surface area contributed by atoms with Crippen LogP contribution in [-0.4, -0.2) is 6.21 Å². The molecule has 0 bridgehead atoms. The molecule has 0 aliphatic rings. The van der Waals surface area contributed by atoms with Crippen LogP contribution in [0.5, 0.6) is 0 Å². The van der Waals surface area contributed by atoms with E-state index in [-0.39, 0.29) is 0 Å². The second-order valence-corrected chi connectivity index (χ2v) is 1.16. The molecule has 0 aromatic heterocycles. The molecule has 0 rings (SSSR count). The number of hydrogen-bond donors (Lipinski definition) is 1. The first-order chi connectivity index (χ1) is 3.81. The fourth-order valence-corrected chi connectivity index (χ4v) is 0.202. The van der Waals surface area contributed by atoms with Gasteiger partial charge in [-0.15, -0.1) is 0 Å². The van der Waals surface area contributed by atoms with Crippen LogP contribution < -0.4 is 0 Å². The zero-order chi connectivity index (χ0) is 6.41. The molecule has 2 nitrogen and oxygen atoms in total.